The van der Waals surface area contributed by atoms with Crippen LogP contribution in [-0.4, -0.2) is 27.0 Å². The van der Waals surface area contributed by atoms with Gasteiger partial charge in [-0.15, -0.1) is 0 Å². The molecule has 4 nitrogen and oxygen atoms in total. The van der Waals surface area contributed by atoms with Gasteiger partial charge in [-0.3, -0.25) is 0 Å². The van der Waals surface area contributed by atoms with Gasteiger partial charge in [0.05, 0.1) is 22.4 Å². The molecule has 16 heavy (non-hydrogen) atoms. The molecule has 2 N–H and O–H groups in total. The minimum Gasteiger partial charge on any atom is -0.396 e. The molecule has 0 amide bonds. The van der Waals surface area contributed by atoms with Gasteiger partial charge in [-0.1, -0.05) is 11.6 Å². The fourth-order valence-corrected chi connectivity index (χ4v) is 2.21. The first-order valence-corrected chi connectivity index (χ1v) is 6.19. The monoisotopic (exact) mass is 257 g/mol. The number of fused-ring (bicyclic) bond motifs is 1. The highest BCUT2D eigenvalue weighted by Crippen LogP contribution is 2.29. The van der Waals surface area contributed by atoms with Crippen LogP contribution in [0.3, 0.4) is 0 Å². The molecule has 1 aromatic carbocycles. The summed E-state index contributed by atoms with van der Waals surface area (Å²) in [6.45, 7) is 0.995. The number of hydrogen-bond acceptors (Lipinski definition) is 5. The Morgan fingerprint density at radius 3 is 3.00 bits per heavy atom. The molecule has 0 atom stereocenters. The van der Waals surface area contributed by atoms with Crippen molar-refractivity contribution >= 4 is 40.0 Å². The summed E-state index contributed by atoms with van der Waals surface area (Å²) in [5, 5.41) is 12.6. The van der Waals surface area contributed by atoms with Gasteiger partial charge in [0.1, 0.15) is 11.0 Å². The van der Waals surface area contributed by atoms with E-state index in [2.05, 4.69) is 14.1 Å². The lowest BCUT2D eigenvalue weighted by atomic mass is 10.2. The zero-order chi connectivity index (χ0) is 11.4. The zero-order valence-corrected chi connectivity index (χ0v) is 10.2. The van der Waals surface area contributed by atoms with Gasteiger partial charge >= 0.3 is 0 Å². The first-order valence-electron chi connectivity index (χ1n) is 5.08. The van der Waals surface area contributed by atoms with Crippen molar-refractivity contribution in [3.8, 4) is 0 Å². The molecule has 0 fully saturated rings. The number of aliphatic hydroxyl groups is 1. The predicted molar refractivity (Wildman–Crippen MR) is 67.2 cm³/mol. The van der Waals surface area contributed by atoms with E-state index in [0.29, 0.717) is 5.02 Å². The van der Waals surface area contributed by atoms with E-state index in [1.165, 1.54) is 11.7 Å². The quantitative estimate of drug-likeness (QED) is 0.809. The second-order valence-electron chi connectivity index (χ2n) is 3.41. The summed E-state index contributed by atoms with van der Waals surface area (Å²) in [5.74, 6) is 0. The molecule has 0 saturated carbocycles. The SMILES string of the molecule is OCCCCNc1c(Cl)ccc2nsnc12. The van der Waals surface area contributed by atoms with E-state index in [4.69, 9.17) is 16.7 Å². The average Bonchev–Trinajstić information content (AvgIpc) is 2.75. The first kappa shape index (κ1) is 11.6. The molecule has 86 valence electrons. The van der Waals surface area contributed by atoms with Crippen molar-refractivity contribution in [3.05, 3.63) is 17.2 Å². The van der Waals surface area contributed by atoms with Gasteiger partial charge in [0, 0.05) is 13.2 Å². The van der Waals surface area contributed by atoms with E-state index in [0.717, 1.165) is 36.1 Å². The maximum absolute atomic E-state index is 8.68. The number of halogens is 1. The molecular formula is C10H12ClN3OS. The Kier molecular flexibility index (Phi) is 3.93. The Bertz CT molecular complexity index is 474. The third-order valence-electron chi connectivity index (χ3n) is 2.26. The van der Waals surface area contributed by atoms with Crippen LogP contribution in [0.2, 0.25) is 5.02 Å². The maximum atomic E-state index is 8.68. The molecule has 0 saturated heterocycles. The number of unbranched alkanes of at least 4 members (excludes halogenated alkanes) is 1. The summed E-state index contributed by atoms with van der Waals surface area (Å²) in [6, 6.07) is 3.68. The van der Waals surface area contributed by atoms with Crippen LogP contribution in [0.15, 0.2) is 12.1 Å². The first-order chi connectivity index (χ1) is 7.83. The summed E-state index contributed by atoms with van der Waals surface area (Å²) in [4.78, 5) is 0. The van der Waals surface area contributed by atoms with Crippen molar-refractivity contribution in [2.45, 2.75) is 12.8 Å². The molecule has 0 aliphatic carbocycles. The highest BCUT2D eigenvalue weighted by molar-refractivity contribution is 7.00. The number of anilines is 1. The van der Waals surface area contributed by atoms with Gasteiger partial charge in [0.25, 0.3) is 0 Å². The van der Waals surface area contributed by atoms with Gasteiger partial charge in [0.15, 0.2) is 0 Å². The number of benzene rings is 1. The smallest absolute Gasteiger partial charge is 0.129 e. The number of nitrogens with one attached hydrogen (secondary N) is 1. The zero-order valence-electron chi connectivity index (χ0n) is 8.61. The Hall–Kier alpha value is -0.910. The van der Waals surface area contributed by atoms with E-state index >= 15 is 0 Å². The molecule has 0 spiro atoms. The third-order valence-corrected chi connectivity index (χ3v) is 3.12. The van der Waals surface area contributed by atoms with E-state index in [1.54, 1.807) is 0 Å². The molecule has 1 aromatic heterocycles. The van der Waals surface area contributed by atoms with E-state index in [1.807, 2.05) is 12.1 Å². The van der Waals surface area contributed by atoms with E-state index < -0.39 is 0 Å². The van der Waals surface area contributed by atoms with Gasteiger partial charge < -0.3 is 10.4 Å². The molecule has 2 aromatic rings. The summed E-state index contributed by atoms with van der Waals surface area (Å²) in [7, 11) is 0. The minimum atomic E-state index is 0.220. The topological polar surface area (TPSA) is 58.0 Å². The average molecular weight is 258 g/mol. The van der Waals surface area contributed by atoms with Crippen molar-refractivity contribution in [1.29, 1.82) is 0 Å². The Balaban J connectivity index is 2.15. The van der Waals surface area contributed by atoms with Crippen molar-refractivity contribution in [2.75, 3.05) is 18.5 Å². The summed E-state index contributed by atoms with van der Waals surface area (Å²) >= 11 is 7.28. The number of hydrogen-bond donors (Lipinski definition) is 2. The van der Waals surface area contributed by atoms with Crippen molar-refractivity contribution in [1.82, 2.24) is 8.75 Å². The van der Waals surface area contributed by atoms with Crippen molar-refractivity contribution < 1.29 is 5.11 Å². The van der Waals surface area contributed by atoms with Crippen LogP contribution >= 0.6 is 23.3 Å². The summed E-state index contributed by atoms with van der Waals surface area (Å²) < 4.78 is 8.37. The van der Waals surface area contributed by atoms with Crippen molar-refractivity contribution in [3.63, 3.8) is 0 Å². The van der Waals surface area contributed by atoms with Gasteiger partial charge in [-0.05, 0) is 25.0 Å². The summed E-state index contributed by atoms with van der Waals surface area (Å²) in [5.41, 5.74) is 2.52. The van der Waals surface area contributed by atoms with Gasteiger partial charge in [-0.2, -0.15) is 8.75 Å². The third kappa shape index (κ3) is 2.42. The molecule has 1 heterocycles. The Morgan fingerprint density at radius 2 is 2.19 bits per heavy atom. The largest absolute Gasteiger partial charge is 0.396 e. The van der Waals surface area contributed by atoms with Crippen LogP contribution in [-0.2, 0) is 0 Å². The molecule has 6 heteroatoms. The van der Waals surface area contributed by atoms with Gasteiger partial charge in [-0.25, -0.2) is 0 Å². The normalized spacial score (nSPS) is 10.9. The van der Waals surface area contributed by atoms with Gasteiger partial charge in [0.2, 0.25) is 0 Å². The fourth-order valence-electron chi connectivity index (χ4n) is 1.45. The molecular weight excluding hydrogens is 246 g/mol. The Morgan fingerprint density at radius 1 is 1.31 bits per heavy atom. The highest BCUT2D eigenvalue weighted by atomic mass is 35.5. The molecule has 0 aliphatic rings. The van der Waals surface area contributed by atoms with Crippen LogP contribution in [0.4, 0.5) is 5.69 Å². The highest BCUT2D eigenvalue weighted by Gasteiger charge is 2.08. The Labute approximate surface area is 103 Å². The minimum absolute atomic E-state index is 0.220. The molecule has 0 unspecified atom stereocenters. The molecule has 2 rings (SSSR count). The van der Waals surface area contributed by atoms with E-state index in [9.17, 15) is 0 Å². The number of aliphatic hydroxyl groups excluding tert-OH is 1. The van der Waals surface area contributed by atoms with Crippen LogP contribution in [0.5, 0.6) is 0 Å². The van der Waals surface area contributed by atoms with Crippen LogP contribution < -0.4 is 5.32 Å². The molecule has 0 radical (unpaired) electrons. The lowest BCUT2D eigenvalue weighted by Crippen LogP contribution is -2.03. The predicted octanol–water partition coefficient (Wildman–Crippen LogP) is 2.53. The summed E-state index contributed by atoms with van der Waals surface area (Å²) in [6.07, 6.45) is 1.69. The van der Waals surface area contributed by atoms with Crippen LogP contribution in [0.1, 0.15) is 12.8 Å². The number of rotatable bonds is 5. The molecule has 0 bridgehead atoms. The van der Waals surface area contributed by atoms with Crippen LogP contribution in [0, 0.1) is 0 Å². The van der Waals surface area contributed by atoms with Crippen LogP contribution in [0.25, 0.3) is 11.0 Å². The standard InChI is InChI=1S/C10H12ClN3OS/c11-7-3-4-8-10(14-16-13-8)9(7)12-5-1-2-6-15/h3-4,12,15H,1-2,5-6H2. The maximum Gasteiger partial charge on any atom is 0.129 e. The lowest BCUT2D eigenvalue weighted by Gasteiger charge is -2.07. The molecule has 0 aliphatic heterocycles. The lowest BCUT2D eigenvalue weighted by molar-refractivity contribution is 0.286. The number of nitrogens with zero attached hydrogens (tertiary/aromatic N) is 2. The number of aromatic nitrogens is 2. The van der Waals surface area contributed by atoms with Crippen molar-refractivity contribution in [2.24, 2.45) is 0 Å². The second kappa shape index (κ2) is 5.43. The fraction of sp³-hybridized carbons (Fsp3) is 0.400. The van der Waals surface area contributed by atoms with E-state index in [-0.39, 0.29) is 6.61 Å². The second-order valence-corrected chi connectivity index (χ2v) is 4.35.